The number of aliphatic hydroxyl groups excluding tert-OH is 1. The fourth-order valence-corrected chi connectivity index (χ4v) is 2.48. The number of amides is 2. The molecule has 0 aliphatic heterocycles. The number of hydrogen-bond acceptors (Lipinski definition) is 4. The van der Waals surface area contributed by atoms with Crippen LogP contribution in [0.5, 0.6) is 0 Å². The molecule has 1 heterocycles. The second-order valence-corrected chi connectivity index (χ2v) is 5.98. The second-order valence-electron chi connectivity index (χ2n) is 4.69. The van der Waals surface area contributed by atoms with E-state index in [0.717, 1.165) is 24.1 Å². The number of aryl methyl sites for hydroxylation is 1. The summed E-state index contributed by atoms with van der Waals surface area (Å²) in [6.45, 7) is 2.79. The van der Waals surface area contributed by atoms with E-state index in [1.54, 1.807) is 18.0 Å². The fourth-order valence-electron chi connectivity index (χ4n) is 1.70. The van der Waals surface area contributed by atoms with Crippen molar-refractivity contribution in [3.8, 4) is 0 Å². The number of rotatable bonds is 8. The van der Waals surface area contributed by atoms with Gasteiger partial charge >= 0.3 is 0 Å². The molecule has 5 nitrogen and oxygen atoms in total. The lowest BCUT2D eigenvalue weighted by atomic mass is 10.2. The van der Waals surface area contributed by atoms with E-state index in [9.17, 15) is 9.59 Å². The molecule has 0 radical (unpaired) electrons. The van der Waals surface area contributed by atoms with Gasteiger partial charge in [-0.2, -0.15) is 0 Å². The Morgan fingerprint density at radius 2 is 2.05 bits per heavy atom. The standard InChI is InChI=1S/C14H22N2O3S/c1-11-6-7-12(20-11)14(19)15-10-13(18)16(2)8-4-3-5-9-17/h6-7,17H,3-5,8-10H2,1-2H3,(H,15,19). The van der Waals surface area contributed by atoms with Crippen LogP contribution in [0.2, 0.25) is 0 Å². The van der Waals surface area contributed by atoms with Crippen LogP contribution >= 0.6 is 11.3 Å². The highest BCUT2D eigenvalue weighted by molar-refractivity contribution is 7.13. The minimum atomic E-state index is -0.204. The molecule has 0 fully saturated rings. The molecule has 0 spiro atoms. The van der Waals surface area contributed by atoms with E-state index in [0.29, 0.717) is 11.4 Å². The molecule has 1 rings (SSSR count). The van der Waals surface area contributed by atoms with Crippen molar-refractivity contribution in [3.05, 3.63) is 21.9 Å². The summed E-state index contributed by atoms with van der Waals surface area (Å²) in [4.78, 5) is 26.9. The van der Waals surface area contributed by atoms with E-state index in [1.807, 2.05) is 13.0 Å². The highest BCUT2D eigenvalue weighted by Gasteiger charge is 2.12. The zero-order valence-electron chi connectivity index (χ0n) is 12.0. The average molecular weight is 298 g/mol. The molecule has 0 aliphatic carbocycles. The lowest BCUT2D eigenvalue weighted by Crippen LogP contribution is -2.38. The minimum absolute atomic E-state index is 0.0201. The van der Waals surface area contributed by atoms with Crippen molar-refractivity contribution < 1.29 is 14.7 Å². The number of unbranched alkanes of at least 4 members (excludes halogenated alkanes) is 2. The van der Waals surface area contributed by atoms with Gasteiger partial charge in [0.25, 0.3) is 5.91 Å². The van der Waals surface area contributed by atoms with Crippen LogP contribution in [0.15, 0.2) is 12.1 Å². The molecule has 112 valence electrons. The van der Waals surface area contributed by atoms with E-state index in [4.69, 9.17) is 5.11 Å². The quantitative estimate of drug-likeness (QED) is 0.713. The number of likely N-dealkylation sites (N-methyl/N-ethyl adjacent to an activating group) is 1. The van der Waals surface area contributed by atoms with Crippen LogP contribution in [0.1, 0.15) is 33.8 Å². The Bertz CT molecular complexity index is 445. The lowest BCUT2D eigenvalue weighted by Gasteiger charge is -2.17. The Labute approximate surface area is 123 Å². The van der Waals surface area contributed by atoms with E-state index in [2.05, 4.69) is 5.32 Å². The number of nitrogens with one attached hydrogen (secondary N) is 1. The first-order valence-corrected chi connectivity index (χ1v) is 7.55. The van der Waals surface area contributed by atoms with Gasteiger partial charge in [-0.15, -0.1) is 11.3 Å². The largest absolute Gasteiger partial charge is 0.396 e. The van der Waals surface area contributed by atoms with Gasteiger partial charge in [0.15, 0.2) is 0 Å². The zero-order valence-corrected chi connectivity index (χ0v) is 12.8. The monoisotopic (exact) mass is 298 g/mol. The molecular weight excluding hydrogens is 276 g/mol. The van der Waals surface area contributed by atoms with E-state index in [1.165, 1.54) is 11.3 Å². The van der Waals surface area contributed by atoms with Crippen molar-refractivity contribution in [1.82, 2.24) is 10.2 Å². The SMILES string of the molecule is Cc1ccc(C(=O)NCC(=O)N(C)CCCCCO)s1. The van der Waals surface area contributed by atoms with Gasteiger partial charge in [0.2, 0.25) is 5.91 Å². The van der Waals surface area contributed by atoms with Gasteiger partial charge in [-0.3, -0.25) is 9.59 Å². The molecule has 0 saturated heterocycles. The van der Waals surface area contributed by atoms with Crippen LogP contribution < -0.4 is 5.32 Å². The summed E-state index contributed by atoms with van der Waals surface area (Å²) in [6, 6.07) is 3.65. The lowest BCUT2D eigenvalue weighted by molar-refractivity contribution is -0.128. The predicted octanol–water partition coefficient (Wildman–Crippen LogP) is 1.41. The van der Waals surface area contributed by atoms with Crippen LogP contribution in [-0.4, -0.2) is 48.6 Å². The van der Waals surface area contributed by atoms with Crippen LogP contribution in [0.3, 0.4) is 0 Å². The predicted molar refractivity (Wildman–Crippen MR) is 80.0 cm³/mol. The third kappa shape index (κ3) is 5.71. The maximum absolute atomic E-state index is 11.8. The normalized spacial score (nSPS) is 10.3. The number of aliphatic hydroxyl groups is 1. The van der Waals surface area contributed by atoms with Crippen molar-refractivity contribution in [2.75, 3.05) is 26.7 Å². The zero-order chi connectivity index (χ0) is 15.0. The molecule has 6 heteroatoms. The number of carbonyl (C=O) groups is 2. The smallest absolute Gasteiger partial charge is 0.261 e. The van der Waals surface area contributed by atoms with E-state index < -0.39 is 0 Å². The van der Waals surface area contributed by atoms with Gasteiger partial charge in [-0.25, -0.2) is 0 Å². The Balaban J connectivity index is 2.26. The first-order valence-electron chi connectivity index (χ1n) is 6.74. The first-order chi connectivity index (χ1) is 9.54. The fraction of sp³-hybridized carbons (Fsp3) is 0.571. The van der Waals surface area contributed by atoms with Crippen molar-refractivity contribution >= 4 is 23.2 Å². The summed E-state index contributed by atoms with van der Waals surface area (Å²) < 4.78 is 0. The molecule has 0 bridgehead atoms. The number of carbonyl (C=O) groups excluding carboxylic acids is 2. The molecule has 1 aromatic heterocycles. The molecule has 0 saturated carbocycles. The van der Waals surface area contributed by atoms with Crippen molar-refractivity contribution in [2.45, 2.75) is 26.2 Å². The maximum atomic E-state index is 11.8. The highest BCUT2D eigenvalue weighted by Crippen LogP contribution is 2.14. The van der Waals surface area contributed by atoms with Crippen molar-refractivity contribution in [1.29, 1.82) is 0 Å². The van der Waals surface area contributed by atoms with Gasteiger partial charge in [-0.05, 0) is 38.3 Å². The molecule has 0 aliphatic rings. The topological polar surface area (TPSA) is 69.6 Å². The molecule has 0 aromatic carbocycles. The molecule has 0 unspecified atom stereocenters. The highest BCUT2D eigenvalue weighted by atomic mass is 32.1. The Hall–Kier alpha value is -1.40. The maximum Gasteiger partial charge on any atom is 0.261 e. The summed E-state index contributed by atoms with van der Waals surface area (Å²) in [5.41, 5.74) is 0. The van der Waals surface area contributed by atoms with E-state index >= 15 is 0 Å². The third-order valence-corrected chi connectivity index (χ3v) is 3.94. The first kappa shape index (κ1) is 16.7. The molecule has 2 amide bonds. The molecule has 20 heavy (non-hydrogen) atoms. The Morgan fingerprint density at radius 3 is 2.65 bits per heavy atom. The number of hydrogen-bond donors (Lipinski definition) is 2. The molecular formula is C14H22N2O3S. The van der Waals surface area contributed by atoms with Gasteiger partial charge < -0.3 is 15.3 Å². The Morgan fingerprint density at radius 1 is 1.30 bits per heavy atom. The third-order valence-electron chi connectivity index (χ3n) is 2.94. The van der Waals surface area contributed by atoms with Crippen LogP contribution in [-0.2, 0) is 4.79 Å². The molecule has 2 N–H and O–H groups in total. The molecule has 1 aromatic rings. The van der Waals surface area contributed by atoms with Crippen molar-refractivity contribution in [3.63, 3.8) is 0 Å². The minimum Gasteiger partial charge on any atom is -0.396 e. The second kappa shape index (κ2) is 8.71. The average Bonchev–Trinajstić information content (AvgIpc) is 2.87. The van der Waals surface area contributed by atoms with Gasteiger partial charge in [-0.1, -0.05) is 0 Å². The van der Waals surface area contributed by atoms with Gasteiger partial charge in [0.1, 0.15) is 0 Å². The van der Waals surface area contributed by atoms with Crippen LogP contribution in [0.4, 0.5) is 0 Å². The van der Waals surface area contributed by atoms with E-state index in [-0.39, 0.29) is 25.0 Å². The van der Waals surface area contributed by atoms with Gasteiger partial charge in [0.05, 0.1) is 11.4 Å². The Kier molecular flexibility index (Phi) is 7.25. The van der Waals surface area contributed by atoms with Crippen molar-refractivity contribution in [2.24, 2.45) is 0 Å². The summed E-state index contributed by atoms with van der Waals surface area (Å²) >= 11 is 1.41. The summed E-state index contributed by atoms with van der Waals surface area (Å²) in [5.74, 6) is -0.305. The summed E-state index contributed by atoms with van der Waals surface area (Å²) in [7, 11) is 1.72. The van der Waals surface area contributed by atoms with Crippen LogP contribution in [0, 0.1) is 6.92 Å². The van der Waals surface area contributed by atoms with Gasteiger partial charge in [0, 0.05) is 25.1 Å². The summed E-state index contributed by atoms with van der Waals surface area (Å²) in [5, 5.41) is 11.3. The number of thiophene rings is 1. The molecule has 0 atom stereocenters. The summed E-state index contributed by atoms with van der Waals surface area (Å²) in [6.07, 6.45) is 2.52. The number of nitrogens with zero attached hydrogens (tertiary/aromatic N) is 1. The van der Waals surface area contributed by atoms with Crippen LogP contribution in [0.25, 0.3) is 0 Å².